The number of rotatable bonds is 2. The van der Waals surface area contributed by atoms with Crippen LogP contribution in [-0.4, -0.2) is 18.0 Å². The summed E-state index contributed by atoms with van der Waals surface area (Å²) in [7, 11) is 0. The summed E-state index contributed by atoms with van der Waals surface area (Å²) in [4.78, 5) is 2.56. The highest BCUT2D eigenvalue weighted by Crippen LogP contribution is 2.26. The average Bonchev–Trinajstić information content (AvgIpc) is 2.68. The molecule has 0 N–H and O–H groups in total. The predicted molar refractivity (Wildman–Crippen MR) is 74.4 cm³/mol. The van der Waals surface area contributed by atoms with Crippen LogP contribution in [0.15, 0.2) is 18.2 Å². The van der Waals surface area contributed by atoms with Crippen LogP contribution in [0.3, 0.4) is 0 Å². The first-order valence-corrected chi connectivity index (χ1v) is 6.79. The van der Waals surface area contributed by atoms with Gasteiger partial charge in [-0.05, 0) is 55.0 Å². The van der Waals surface area contributed by atoms with Crippen molar-refractivity contribution in [3.8, 4) is 0 Å². The molecule has 0 saturated carbocycles. The van der Waals surface area contributed by atoms with E-state index >= 15 is 0 Å². The molecule has 0 unspecified atom stereocenters. The molecule has 1 aromatic rings. The smallest absolute Gasteiger partial charge is 0.0233 e. The molecule has 1 saturated heterocycles. The summed E-state index contributed by atoms with van der Waals surface area (Å²) in [5.41, 5.74) is 4.64. The molecule has 94 valence electrons. The van der Waals surface area contributed by atoms with E-state index in [4.69, 9.17) is 0 Å². The van der Waals surface area contributed by atoms with E-state index in [0.29, 0.717) is 0 Å². The molecule has 0 spiro atoms. The van der Waals surface area contributed by atoms with Crippen LogP contribution in [0, 0.1) is 6.92 Å². The fourth-order valence-electron chi connectivity index (χ4n) is 2.86. The van der Waals surface area contributed by atoms with Crippen LogP contribution in [-0.2, 0) is 12.0 Å². The maximum atomic E-state index is 2.56. The molecule has 0 aromatic heterocycles. The van der Waals surface area contributed by atoms with Gasteiger partial charge in [-0.1, -0.05) is 39.0 Å². The molecule has 2 rings (SSSR count). The Balaban J connectivity index is 2.13. The minimum Gasteiger partial charge on any atom is -0.299 e. The van der Waals surface area contributed by atoms with Crippen molar-refractivity contribution in [2.24, 2.45) is 0 Å². The highest BCUT2D eigenvalue weighted by atomic mass is 15.1. The lowest BCUT2D eigenvalue weighted by Crippen LogP contribution is -2.19. The second-order valence-corrected chi connectivity index (χ2v) is 6.38. The van der Waals surface area contributed by atoms with E-state index < -0.39 is 0 Å². The normalized spacial score (nSPS) is 17.6. The van der Waals surface area contributed by atoms with Crippen molar-refractivity contribution >= 4 is 0 Å². The van der Waals surface area contributed by atoms with Gasteiger partial charge in [-0.2, -0.15) is 0 Å². The largest absolute Gasteiger partial charge is 0.299 e. The third-order valence-electron chi connectivity index (χ3n) is 3.70. The van der Waals surface area contributed by atoms with Crippen LogP contribution in [0.1, 0.15) is 50.3 Å². The Bertz CT molecular complexity index is 381. The van der Waals surface area contributed by atoms with Crippen molar-refractivity contribution in [2.75, 3.05) is 13.1 Å². The first-order chi connectivity index (χ1) is 7.97. The molecule has 0 radical (unpaired) electrons. The molecule has 1 aromatic carbocycles. The van der Waals surface area contributed by atoms with Crippen molar-refractivity contribution in [1.82, 2.24) is 4.90 Å². The lowest BCUT2D eigenvalue weighted by Gasteiger charge is -2.23. The molecule has 0 atom stereocenters. The van der Waals surface area contributed by atoms with Gasteiger partial charge < -0.3 is 0 Å². The van der Waals surface area contributed by atoms with Gasteiger partial charge in [-0.25, -0.2) is 0 Å². The standard InChI is InChI=1S/C16H25N/c1-13-11-14(12-17-9-5-6-10-17)7-8-15(13)16(2,3)4/h7-8,11H,5-6,9-10,12H2,1-4H3. The molecule has 0 aliphatic carbocycles. The lowest BCUT2D eigenvalue weighted by molar-refractivity contribution is 0.331. The van der Waals surface area contributed by atoms with Crippen LogP contribution >= 0.6 is 0 Å². The average molecular weight is 231 g/mol. The molecule has 1 aliphatic rings. The quantitative estimate of drug-likeness (QED) is 0.746. The monoisotopic (exact) mass is 231 g/mol. The second-order valence-electron chi connectivity index (χ2n) is 6.38. The zero-order chi connectivity index (χ0) is 12.5. The number of hydrogen-bond donors (Lipinski definition) is 0. The molecule has 1 fully saturated rings. The van der Waals surface area contributed by atoms with Crippen LogP contribution in [0.4, 0.5) is 0 Å². The predicted octanol–water partition coefficient (Wildman–Crippen LogP) is 3.89. The first kappa shape index (κ1) is 12.6. The van der Waals surface area contributed by atoms with Gasteiger partial charge in [-0.3, -0.25) is 4.90 Å². The summed E-state index contributed by atoms with van der Waals surface area (Å²) in [5, 5.41) is 0. The fourth-order valence-corrected chi connectivity index (χ4v) is 2.86. The molecule has 1 heterocycles. The van der Waals surface area contributed by atoms with Gasteiger partial charge in [0.15, 0.2) is 0 Å². The third kappa shape index (κ3) is 3.10. The summed E-state index contributed by atoms with van der Waals surface area (Å²) in [5.74, 6) is 0. The number of nitrogens with zero attached hydrogens (tertiary/aromatic N) is 1. The summed E-state index contributed by atoms with van der Waals surface area (Å²) in [6.07, 6.45) is 2.75. The van der Waals surface area contributed by atoms with E-state index in [1.165, 1.54) is 42.6 Å². The molecular formula is C16H25N. The first-order valence-electron chi connectivity index (χ1n) is 6.79. The highest BCUT2D eigenvalue weighted by Gasteiger charge is 2.17. The van der Waals surface area contributed by atoms with Gasteiger partial charge in [0.1, 0.15) is 0 Å². The van der Waals surface area contributed by atoms with Crippen LogP contribution in [0.2, 0.25) is 0 Å². The molecular weight excluding hydrogens is 206 g/mol. The number of aryl methyl sites for hydroxylation is 1. The van der Waals surface area contributed by atoms with Gasteiger partial charge in [0.25, 0.3) is 0 Å². The Kier molecular flexibility index (Phi) is 3.58. The Morgan fingerprint density at radius 3 is 2.29 bits per heavy atom. The minimum atomic E-state index is 0.260. The van der Waals surface area contributed by atoms with E-state index in [-0.39, 0.29) is 5.41 Å². The Hall–Kier alpha value is -0.820. The van der Waals surface area contributed by atoms with Crippen molar-refractivity contribution in [3.05, 3.63) is 34.9 Å². The van der Waals surface area contributed by atoms with Crippen molar-refractivity contribution < 1.29 is 0 Å². The maximum Gasteiger partial charge on any atom is 0.0233 e. The van der Waals surface area contributed by atoms with Gasteiger partial charge in [0, 0.05) is 6.54 Å². The second kappa shape index (κ2) is 4.81. The van der Waals surface area contributed by atoms with E-state index in [2.05, 4.69) is 50.8 Å². The Labute approximate surface area is 106 Å². The maximum absolute atomic E-state index is 2.56. The summed E-state index contributed by atoms with van der Waals surface area (Å²) in [6.45, 7) is 12.8. The molecule has 1 aliphatic heterocycles. The SMILES string of the molecule is Cc1cc(CN2CCCC2)ccc1C(C)(C)C. The van der Waals surface area contributed by atoms with Gasteiger partial charge in [0.2, 0.25) is 0 Å². The molecule has 1 heteroatoms. The van der Waals surface area contributed by atoms with E-state index in [1.54, 1.807) is 0 Å². The van der Waals surface area contributed by atoms with Crippen LogP contribution < -0.4 is 0 Å². The Morgan fingerprint density at radius 1 is 1.12 bits per heavy atom. The molecule has 0 amide bonds. The van der Waals surface area contributed by atoms with Gasteiger partial charge in [-0.15, -0.1) is 0 Å². The Morgan fingerprint density at radius 2 is 1.76 bits per heavy atom. The van der Waals surface area contributed by atoms with E-state index in [0.717, 1.165) is 6.54 Å². The third-order valence-corrected chi connectivity index (χ3v) is 3.70. The van der Waals surface area contributed by atoms with E-state index in [1.807, 2.05) is 0 Å². The molecule has 0 bridgehead atoms. The van der Waals surface area contributed by atoms with Crippen LogP contribution in [0.5, 0.6) is 0 Å². The zero-order valence-corrected chi connectivity index (χ0v) is 11.7. The fraction of sp³-hybridized carbons (Fsp3) is 0.625. The van der Waals surface area contributed by atoms with Crippen LogP contribution in [0.25, 0.3) is 0 Å². The molecule has 17 heavy (non-hydrogen) atoms. The number of likely N-dealkylation sites (tertiary alicyclic amines) is 1. The summed E-state index contributed by atoms with van der Waals surface area (Å²) in [6, 6.07) is 7.01. The minimum absolute atomic E-state index is 0.260. The van der Waals surface area contributed by atoms with Crippen molar-refractivity contribution in [3.63, 3.8) is 0 Å². The number of benzene rings is 1. The van der Waals surface area contributed by atoms with Gasteiger partial charge >= 0.3 is 0 Å². The summed E-state index contributed by atoms with van der Waals surface area (Å²) < 4.78 is 0. The topological polar surface area (TPSA) is 3.24 Å². The van der Waals surface area contributed by atoms with E-state index in [9.17, 15) is 0 Å². The summed E-state index contributed by atoms with van der Waals surface area (Å²) >= 11 is 0. The number of hydrogen-bond acceptors (Lipinski definition) is 1. The lowest BCUT2D eigenvalue weighted by atomic mass is 9.83. The zero-order valence-electron chi connectivity index (χ0n) is 11.7. The molecule has 1 nitrogen and oxygen atoms in total. The van der Waals surface area contributed by atoms with Crippen molar-refractivity contribution in [1.29, 1.82) is 0 Å². The van der Waals surface area contributed by atoms with Gasteiger partial charge in [0.05, 0.1) is 0 Å². The highest BCUT2D eigenvalue weighted by molar-refractivity contribution is 5.35. The van der Waals surface area contributed by atoms with Crippen molar-refractivity contribution in [2.45, 2.75) is 52.5 Å².